The summed E-state index contributed by atoms with van der Waals surface area (Å²) in [5.41, 5.74) is 1.52. The minimum absolute atomic E-state index is 0.0123. The molecule has 0 spiro atoms. The number of hydrogen-bond donors (Lipinski definition) is 0. The van der Waals surface area contributed by atoms with Crippen LogP contribution in [0.15, 0.2) is 18.2 Å². The molecule has 0 radical (unpaired) electrons. The molecular formula is C14H17Cl2NO. The lowest BCUT2D eigenvalue weighted by Gasteiger charge is -2.34. The molecule has 0 bridgehead atoms. The fourth-order valence-corrected chi connectivity index (χ4v) is 3.00. The SMILES string of the molecule is Cc1cccc(C(=O)N(C)CC2CC(Cl)C2)c1Cl. The first kappa shape index (κ1) is 13.7. The molecule has 2 rings (SSSR count). The molecule has 0 heterocycles. The van der Waals surface area contributed by atoms with E-state index in [1.807, 2.05) is 26.1 Å². The fraction of sp³-hybridized carbons (Fsp3) is 0.500. The Bertz CT molecular complexity index is 455. The van der Waals surface area contributed by atoms with Crippen LogP contribution in [-0.2, 0) is 0 Å². The van der Waals surface area contributed by atoms with E-state index in [9.17, 15) is 4.79 Å². The molecule has 0 saturated heterocycles. The molecular weight excluding hydrogens is 269 g/mol. The monoisotopic (exact) mass is 285 g/mol. The molecule has 0 unspecified atom stereocenters. The van der Waals surface area contributed by atoms with Crippen LogP contribution in [0.1, 0.15) is 28.8 Å². The number of alkyl halides is 1. The van der Waals surface area contributed by atoms with E-state index < -0.39 is 0 Å². The van der Waals surface area contributed by atoms with Crippen LogP contribution in [-0.4, -0.2) is 29.8 Å². The maximum absolute atomic E-state index is 12.3. The summed E-state index contributed by atoms with van der Waals surface area (Å²) in [4.78, 5) is 14.0. The topological polar surface area (TPSA) is 20.3 Å². The standard InChI is InChI=1S/C14H17Cl2NO/c1-9-4-3-5-12(13(9)16)14(18)17(2)8-10-6-11(15)7-10/h3-5,10-11H,6-8H2,1-2H3. The number of benzene rings is 1. The number of hydrogen-bond acceptors (Lipinski definition) is 1. The highest BCUT2D eigenvalue weighted by Gasteiger charge is 2.29. The maximum Gasteiger partial charge on any atom is 0.255 e. The molecule has 0 N–H and O–H groups in total. The van der Waals surface area contributed by atoms with Gasteiger partial charge >= 0.3 is 0 Å². The molecule has 18 heavy (non-hydrogen) atoms. The van der Waals surface area contributed by atoms with Gasteiger partial charge in [0, 0.05) is 19.0 Å². The van der Waals surface area contributed by atoms with Gasteiger partial charge in [0.05, 0.1) is 10.6 Å². The minimum Gasteiger partial charge on any atom is -0.341 e. The predicted octanol–water partition coefficient (Wildman–Crippen LogP) is 3.74. The van der Waals surface area contributed by atoms with Crippen LogP contribution in [0.25, 0.3) is 0 Å². The van der Waals surface area contributed by atoms with Crippen molar-refractivity contribution in [3.05, 3.63) is 34.3 Å². The van der Waals surface area contributed by atoms with Crippen LogP contribution in [0, 0.1) is 12.8 Å². The molecule has 0 atom stereocenters. The summed E-state index contributed by atoms with van der Waals surface area (Å²) in [6.07, 6.45) is 2.00. The van der Waals surface area contributed by atoms with Crippen molar-refractivity contribution in [3.63, 3.8) is 0 Å². The van der Waals surface area contributed by atoms with E-state index in [0.717, 1.165) is 24.9 Å². The number of rotatable bonds is 3. The van der Waals surface area contributed by atoms with Gasteiger partial charge in [0.2, 0.25) is 0 Å². The molecule has 0 aliphatic heterocycles. The normalized spacial score (nSPS) is 22.4. The average Bonchev–Trinajstić information content (AvgIpc) is 2.30. The van der Waals surface area contributed by atoms with Crippen molar-refractivity contribution >= 4 is 29.1 Å². The first-order chi connectivity index (χ1) is 8.49. The summed E-state index contributed by atoms with van der Waals surface area (Å²) in [5.74, 6) is 0.520. The summed E-state index contributed by atoms with van der Waals surface area (Å²) in [6, 6.07) is 5.54. The van der Waals surface area contributed by atoms with Crippen molar-refractivity contribution in [3.8, 4) is 0 Å². The Hall–Kier alpha value is -0.730. The van der Waals surface area contributed by atoms with Crippen molar-refractivity contribution in [1.29, 1.82) is 0 Å². The summed E-state index contributed by atoms with van der Waals surface area (Å²) in [7, 11) is 1.82. The van der Waals surface area contributed by atoms with Crippen molar-refractivity contribution in [2.75, 3.05) is 13.6 Å². The van der Waals surface area contributed by atoms with E-state index in [4.69, 9.17) is 23.2 Å². The molecule has 1 aliphatic carbocycles. The number of amides is 1. The van der Waals surface area contributed by atoms with Crippen LogP contribution in [0.2, 0.25) is 5.02 Å². The van der Waals surface area contributed by atoms with Gasteiger partial charge in [-0.3, -0.25) is 4.79 Å². The molecule has 1 aromatic rings. The maximum atomic E-state index is 12.3. The summed E-state index contributed by atoms with van der Waals surface area (Å²) in [5, 5.41) is 0.847. The van der Waals surface area contributed by atoms with Crippen LogP contribution >= 0.6 is 23.2 Å². The van der Waals surface area contributed by atoms with E-state index in [0.29, 0.717) is 21.9 Å². The number of nitrogens with zero attached hydrogens (tertiary/aromatic N) is 1. The van der Waals surface area contributed by atoms with Crippen LogP contribution < -0.4 is 0 Å². The molecule has 4 heteroatoms. The summed E-state index contributed by atoms with van der Waals surface area (Å²) < 4.78 is 0. The third-order valence-electron chi connectivity index (χ3n) is 3.48. The molecule has 1 saturated carbocycles. The number of aryl methyl sites for hydroxylation is 1. The van der Waals surface area contributed by atoms with Gasteiger partial charge in [0.1, 0.15) is 0 Å². The van der Waals surface area contributed by atoms with Crippen molar-refractivity contribution < 1.29 is 4.79 Å². The quantitative estimate of drug-likeness (QED) is 0.775. The second kappa shape index (κ2) is 5.50. The highest BCUT2D eigenvalue weighted by atomic mass is 35.5. The minimum atomic E-state index is -0.0123. The summed E-state index contributed by atoms with van der Waals surface area (Å²) >= 11 is 12.1. The van der Waals surface area contributed by atoms with E-state index in [-0.39, 0.29) is 5.91 Å². The van der Waals surface area contributed by atoms with Crippen LogP contribution in [0.3, 0.4) is 0 Å². The highest BCUT2D eigenvalue weighted by molar-refractivity contribution is 6.34. The Morgan fingerprint density at radius 2 is 2.11 bits per heavy atom. The molecule has 1 aliphatic rings. The Morgan fingerprint density at radius 3 is 2.72 bits per heavy atom. The second-order valence-corrected chi connectivity index (χ2v) is 6.05. The Labute approximate surface area is 118 Å². The Morgan fingerprint density at radius 1 is 1.44 bits per heavy atom. The lowest BCUT2D eigenvalue weighted by atomic mass is 9.84. The zero-order valence-corrected chi connectivity index (χ0v) is 12.1. The Kier molecular flexibility index (Phi) is 4.18. The van der Waals surface area contributed by atoms with E-state index in [2.05, 4.69) is 0 Å². The van der Waals surface area contributed by atoms with E-state index in [1.165, 1.54) is 0 Å². The second-order valence-electron chi connectivity index (χ2n) is 5.06. The predicted molar refractivity (Wildman–Crippen MR) is 75.5 cm³/mol. The molecule has 2 nitrogen and oxygen atoms in total. The van der Waals surface area contributed by atoms with Crippen molar-refractivity contribution in [2.24, 2.45) is 5.92 Å². The third-order valence-corrected chi connectivity index (χ3v) is 4.34. The van der Waals surface area contributed by atoms with Crippen LogP contribution in [0.4, 0.5) is 0 Å². The lowest BCUT2D eigenvalue weighted by molar-refractivity contribution is 0.0747. The molecule has 0 aromatic heterocycles. The van der Waals surface area contributed by atoms with Gasteiger partial charge in [-0.05, 0) is 37.3 Å². The smallest absolute Gasteiger partial charge is 0.255 e. The summed E-state index contributed by atoms with van der Waals surface area (Å²) in [6.45, 7) is 2.66. The highest BCUT2D eigenvalue weighted by Crippen LogP contribution is 2.32. The zero-order valence-electron chi connectivity index (χ0n) is 10.6. The zero-order chi connectivity index (χ0) is 13.3. The van der Waals surface area contributed by atoms with E-state index in [1.54, 1.807) is 11.0 Å². The molecule has 1 amide bonds. The largest absolute Gasteiger partial charge is 0.341 e. The molecule has 1 aromatic carbocycles. The van der Waals surface area contributed by atoms with Crippen LogP contribution in [0.5, 0.6) is 0 Å². The molecule has 98 valence electrons. The number of halogens is 2. The fourth-order valence-electron chi connectivity index (χ4n) is 2.29. The third kappa shape index (κ3) is 2.81. The number of carbonyl (C=O) groups is 1. The van der Waals surface area contributed by atoms with Gasteiger partial charge in [-0.2, -0.15) is 0 Å². The average molecular weight is 286 g/mol. The van der Waals surface area contributed by atoms with Gasteiger partial charge in [-0.25, -0.2) is 0 Å². The van der Waals surface area contributed by atoms with Gasteiger partial charge < -0.3 is 4.90 Å². The van der Waals surface area contributed by atoms with Gasteiger partial charge in [-0.15, -0.1) is 11.6 Å². The lowest BCUT2D eigenvalue weighted by Crippen LogP contribution is -2.38. The van der Waals surface area contributed by atoms with Crippen molar-refractivity contribution in [1.82, 2.24) is 4.90 Å². The first-order valence-electron chi connectivity index (χ1n) is 6.13. The van der Waals surface area contributed by atoms with Gasteiger partial charge in [0.15, 0.2) is 0 Å². The number of carbonyl (C=O) groups excluding carboxylic acids is 1. The van der Waals surface area contributed by atoms with Gasteiger partial charge in [0.25, 0.3) is 5.91 Å². The molecule has 1 fully saturated rings. The van der Waals surface area contributed by atoms with E-state index >= 15 is 0 Å². The van der Waals surface area contributed by atoms with Crippen molar-refractivity contribution in [2.45, 2.75) is 25.1 Å². The first-order valence-corrected chi connectivity index (χ1v) is 6.95. The van der Waals surface area contributed by atoms with Gasteiger partial charge in [-0.1, -0.05) is 23.7 Å². The Balaban J connectivity index is 2.04.